The molecule has 96 valence electrons. The van der Waals surface area contributed by atoms with Gasteiger partial charge in [-0.05, 0) is 6.07 Å². The van der Waals surface area contributed by atoms with Crippen molar-refractivity contribution in [3.63, 3.8) is 0 Å². The highest BCUT2D eigenvalue weighted by Crippen LogP contribution is 2.09. The van der Waals surface area contributed by atoms with Crippen LogP contribution in [0.25, 0.3) is 0 Å². The fourth-order valence-electron chi connectivity index (χ4n) is 1.41. The molecule has 0 fully saturated rings. The highest BCUT2D eigenvalue weighted by molar-refractivity contribution is 7.89. The minimum Gasteiger partial charge on any atom is -0.384 e. The first-order valence-electron chi connectivity index (χ1n) is 5.25. The van der Waals surface area contributed by atoms with E-state index in [4.69, 9.17) is 5.73 Å². The van der Waals surface area contributed by atoms with Crippen molar-refractivity contribution in [2.45, 2.75) is 11.4 Å². The van der Waals surface area contributed by atoms with Crippen molar-refractivity contribution in [1.82, 2.24) is 19.3 Å². The average molecular weight is 267 g/mol. The van der Waals surface area contributed by atoms with Crippen molar-refractivity contribution in [2.75, 3.05) is 12.3 Å². The molecule has 0 aliphatic carbocycles. The lowest BCUT2D eigenvalue weighted by molar-refractivity contribution is 0.572. The second-order valence-corrected chi connectivity index (χ2v) is 5.38. The van der Waals surface area contributed by atoms with Crippen LogP contribution in [0.5, 0.6) is 0 Å². The number of nitrogens with one attached hydrogen (secondary N) is 1. The minimum atomic E-state index is -3.54. The molecule has 3 N–H and O–H groups in total. The standard InChI is InChI=1S/C10H13N5O2S/c11-10-7-9(1-2-13-10)18(16,17)14-4-6-15-5-3-12-8-15/h1-3,5,7-8,14H,4,6H2,(H2,11,13). The van der Waals surface area contributed by atoms with Gasteiger partial charge in [-0.3, -0.25) is 0 Å². The third kappa shape index (κ3) is 3.05. The van der Waals surface area contributed by atoms with Crippen LogP contribution in [0.15, 0.2) is 41.9 Å². The van der Waals surface area contributed by atoms with Gasteiger partial charge in [-0.15, -0.1) is 0 Å². The Morgan fingerprint density at radius 3 is 2.89 bits per heavy atom. The molecule has 0 radical (unpaired) electrons. The normalized spacial score (nSPS) is 11.6. The van der Waals surface area contributed by atoms with E-state index >= 15 is 0 Å². The maximum absolute atomic E-state index is 11.9. The third-order valence-electron chi connectivity index (χ3n) is 2.28. The number of nitrogen functional groups attached to an aromatic ring is 1. The molecule has 2 aromatic rings. The Kier molecular flexibility index (Phi) is 3.58. The van der Waals surface area contributed by atoms with Gasteiger partial charge >= 0.3 is 0 Å². The van der Waals surface area contributed by atoms with Crippen LogP contribution in [-0.2, 0) is 16.6 Å². The van der Waals surface area contributed by atoms with Crippen LogP contribution < -0.4 is 10.5 Å². The van der Waals surface area contributed by atoms with E-state index in [0.717, 1.165) is 0 Å². The van der Waals surface area contributed by atoms with Crippen molar-refractivity contribution in [3.8, 4) is 0 Å². The first-order chi connectivity index (χ1) is 8.58. The molecule has 0 bridgehead atoms. The first-order valence-corrected chi connectivity index (χ1v) is 6.73. The van der Waals surface area contributed by atoms with Gasteiger partial charge in [-0.25, -0.2) is 23.1 Å². The number of anilines is 1. The number of pyridine rings is 1. The lowest BCUT2D eigenvalue weighted by atomic mass is 10.5. The van der Waals surface area contributed by atoms with Gasteiger partial charge in [-0.2, -0.15) is 0 Å². The molecule has 18 heavy (non-hydrogen) atoms. The SMILES string of the molecule is Nc1cc(S(=O)(=O)NCCn2ccnc2)ccn1. The number of nitrogens with zero attached hydrogens (tertiary/aromatic N) is 3. The molecule has 7 nitrogen and oxygen atoms in total. The monoisotopic (exact) mass is 267 g/mol. The smallest absolute Gasteiger partial charge is 0.240 e. The molecule has 0 spiro atoms. The van der Waals surface area contributed by atoms with Gasteiger partial charge in [0.25, 0.3) is 0 Å². The summed E-state index contributed by atoms with van der Waals surface area (Å²) in [5.74, 6) is 0.174. The predicted octanol–water partition coefficient (Wildman–Crippen LogP) is -0.161. The largest absolute Gasteiger partial charge is 0.384 e. The van der Waals surface area contributed by atoms with E-state index in [2.05, 4.69) is 14.7 Å². The second-order valence-electron chi connectivity index (χ2n) is 3.61. The van der Waals surface area contributed by atoms with Crippen molar-refractivity contribution in [3.05, 3.63) is 37.1 Å². The highest BCUT2D eigenvalue weighted by Gasteiger charge is 2.13. The van der Waals surface area contributed by atoms with E-state index in [1.54, 1.807) is 23.3 Å². The predicted molar refractivity (Wildman–Crippen MR) is 66.1 cm³/mol. The summed E-state index contributed by atoms with van der Waals surface area (Å²) < 4.78 is 28.0. The minimum absolute atomic E-state index is 0.112. The van der Waals surface area contributed by atoms with Crippen LogP contribution in [0.4, 0.5) is 5.82 Å². The fourth-order valence-corrected chi connectivity index (χ4v) is 2.45. The van der Waals surface area contributed by atoms with Crippen molar-refractivity contribution < 1.29 is 8.42 Å². The maximum Gasteiger partial charge on any atom is 0.240 e. The summed E-state index contributed by atoms with van der Waals surface area (Å²) in [6.07, 6.45) is 6.38. The lowest BCUT2D eigenvalue weighted by Gasteiger charge is -2.07. The van der Waals surface area contributed by atoms with Crippen molar-refractivity contribution in [1.29, 1.82) is 0 Å². The average Bonchev–Trinajstić information content (AvgIpc) is 2.82. The Morgan fingerprint density at radius 2 is 2.22 bits per heavy atom. The molecule has 0 amide bonds. The molecule has 0 unspecified atom stereocenters. The third-order valence-corrected chi connectivity index (χ3v) is 3.74. The number of hydrogen-bond acceptors (Lipinski definition) is 5. The zero-order valence-corrected chi connectivity index (χ0v) is 10.3. The van der Waals surface area contributed by atoms with Gasteiger partial charge in [-0.1, -0.05) is 0 Å². The van der Waals surface area contributed by atoms with Crippen molar-refractivity contribution in [2.24, 2.45) is 0 Å². The molecule has 0 aromatic carbocycles. The molecule has 0 saturated carbocycles. The molecule has 0 aliphatic heterocycles. The molecule has 2 rings (SSSR count). The van der Waals surface area contributed by atoms with Crippen LogP contribution in [-0.4, -0.2) is 29.5 Å². The molecule has 0 saturated heterocycles. The summed E-state index contributed by atoms with van der Waals surface area (Å²) in [7, 11) is -3.54. The summed E-state index contributed by atoms with van der Waals surface area (Å²) in [6.45, 7) is 0.792. The Balaban J connectivity index is 1.99. The zero-order chi connectivity index (χ0) is 13.0. The summed E-state index contributed by atoms with van der Waals surface area (Å²) in [5, 5.41) is 0. The molecule has 2 heterocycles. The van der Waals surface area contributed by atoms with Gasteiger partial charge in [0.05, 0.1) is 11.2 Å². The molecule has 0 aliphatic rings. The lowest BCUT2D eigenvalue weighted by Crippen LogP contribution is -2.27. The number of imidazole rings is 1. The number of nitrogens with two attached hydrogens (primary N) is 1. The summed E-state index contributed by atoms with van der Waals surface area (Å²) >= 11 is 0. The number of sulfonamides is 1. The first kappa shape index (κ1) is 12.5. The Labute approximate surface area is 105 Å². The highest BCUT2D eigenvalue weighted by atomic mass is 32.2. The van der Waals surface area contributed by atoms with Crippen LogP contribution in [0.3, 0.4) is 0 Å². The molecular weight excluding hydrogens is 254 g/mol. The topological polar surface area (TPSA) is 103 Å². The van der Waals surface area contributed by atoms with Gasteiger partial charge in [0, 0.05) is 37.7 Å². The number of rotatable bonds is 5. The van der Waals surface area contributed by atoms with Gasteiger partial charge < -0.3 is 10.3 Å². The Hall–Kier alpha value is -1.93. The van der Waals surface area contributed by atoms with E-state index in [0.29, 0.717) is 6.54 Å². The van der Waals surface area contributed by atoms with Crippen LogP contribution in [0.2, 0.25) is 0 Å². The van der Waals surface area contributed by atoms with E-state index in [9.17, 15) is 8.42 Å². The van der Waals surface area contributed by atoms with E-state index < -0.39 is 10.0 Å². The summed E-state index contributed by atoms with van der Waals surface area (Å²) in [6, 6.07) is 2.72. The van der Waals surface area contributed by atoms with Crippen LogP contribution in [0.1, 0.15) is 0 Å². The van der Waals surface area contributed by atoms with Crippen LogP contribution >= 0.6 is 0 Å². The van der Waals surface area contributed by atoms with E-state index in [-0.39, 0.29) is 17.3 Å². The van der Waals surface area contributed by atoms with Crippen molar-refractivity contribution >= 4 is 15.8 Å². The quantitative estimate of drug-likeness (QED) is 0.783. The fraction of sp³-hybridized carbons (Fsp3) is 0.200. The van der Waals surface area contributed by atoms with Crippen LogP contribution in [0, 0.1) is 0 Å². The molecule has 2 aromatic heterocycles. The van der Waals surface area contributed by atoms with Gasteiger partial charge in [0.15, 0.2) is 0 Å². The van der Waals surface area contributed by atoms with Gasteiger partial charge in [0.1, 0.15) is 5.82 Å². The van der Waals surface area contributed by atoms with E-state index in [1.807, 2.05) is 0 Å². The molecular formula is C10H13N5O2S. The zero-order valence-electron chi connectivity index (χ0n) is 9.52. The molecule has 0 atom stereocenters. The summed E-state index contributed by atoms with van der Waals surface area (Å²) in [4.78, 5) is 7.73. The molecule has 8 heteroatoms. The van der Waals surface area contributed by atoms with Gasteiger partial charge in [0.2, 0.25) is 10.0 Å². The number of aromatic nitrogens is 3. The maximum atomic E-state index is 11.9. The second kappa shape index (κ2) is 5.15. The Morgan fingerprint density at radius 1 is 1.39 bits per heavy atom. The Bertz CT molecular complexity index is 609. The van der Waals surface area contributed by atoms with E-state index in [1.165, 1.54) is 18.3 Å². The number of hydrogen-bond donors (Lipinski definition) is 2. The summed E-state index contributed by atoms with van der Waals surface area (Å²) in [5.41, 5.74) is 5.45.